The van der Waals surface area contributed by atoms with Crippen molar-refractivity contribution in [1.29, 1.82) is 0 Å². The van der Waals surface area contributed by atoms with Gasteiger partial charge in [-0.25, -0.2) is 0 Å². The summed E-state index contributed by atoms with van der Waals surface area (Å²) in [4.78, 5) is 2.85. The summed E-state index contributed by atoms with van der Waals surface area (Å²) >= 11 is 9.51. The first-order valence-corrected chi connectivity index (χ1v) is 6.55. The predicted octanol–water partition coefficient (Wildman–Crippen LogP) is 4.51. The first-order valence-electron chi connectivity index (χ1n) is 4.54. The number of aryl methyl sites for hydroxylation is 2. The molecule has 3 heteroatoms. The molecule has 0 saturated carbocycles. The fourth-order valence-electron chi connectivity index (χ4n) is 1.88. The van der Waals surface area contributed by atoms with Gasteiger partial charge in [-0.2, -0.15) is 0 Å². The van der Waals surface area contributed by atoms with Gasteiger partial charge in [0.1, 0.15) is 22.7 Å². The first-order chi connectivity index (χ1) is 6.84. The van der Waals surface area contributed by atoms with Crippen LogP contribution in [0.1, 0.15) is 10.4 Å². The molecular formula is C11H8ClS2+. The van der Waals surface area contributed by atoms with Crippen LogP contribution in [-0.4, -0.2) is 0 Å². The van der Waals surface area contributed by atoms with Crippen molar-refractivity contribution in [2.24, 2.45) is 0 Å². The minimum Gasteiger partial charge on any atom is -0.0619 e. The normalized spacial score (nSPS) is 13.5. The van der Waals surface area contributed by atoms with Gasteiger partial charge in [-0.3, -0.25) is 0 Å². The molecule has 2 aromatic rings. The Labute approximate surface area is 95.8 Å². The summed E-state index contributed by atoms with van der Waals surface area (Å²) in [7, 11) is 0. The highest BCUT2D eigenvalue weighted by molar-refractivity contribution is 7.38. The second-order valence-corrected chi connectivity index (χ2v) is 6.56. The number of halogens is 1. The van der Waals surface area contributed by atoms with Gasteiger partial charge in [-0.05, 0) is 23.6 Å². The van der Waals surface area contributed by atoms with Crippen molar-refractivity contribution >= 4 is 34.3 Å². The largest absolute Gasteiger partial charge is 0.347 e. The molecule has 1 aliphatic carbocycles. The van der Waals surface area contributed by atoms with E-state index in [4.69, 9.17) is 11.6 Å². The Morgan fingerprint density at radius 1 is 1.21 bits per heavy atom. The van der Waals surface area contributed by atoms with E-state index in [1.165, 1.54) is 20.9 Å². The van der Waals surface area contributed by atoms with E-state index in [9.17, 15) is 0 Å². The van der Waals surface area contributed by atoms with Gasteiger partial charge in [0, 0.05) is 12.0 Å². The smallest absolute Gasteiger partial charge is 0.0619 e. The van der Waals surface area contributed by atoms with Crippen LogP contribution >= 0.6 is 34.3 Å². The fourth-order valence-corrected chi connectivity index (χ4v) is 4.64. The third-order valence-electron chi connectivity index (χ3n) is 2.52. The molecule has 1 heterocycles. The summed E-state index contributed by atoms with van der Waals surface area (Å²) in [5.74, 6) is 0. The van der Waals surface area contributed by atoms with Crippen molar-refractivity contribution in [2.45, 2.75) is 12.8 Å². The zero-order chi connectivity index (χ0) is 9.54. The molecule has 0 nitrogen and oxygen atoms in total. The first kappa shape index (κ1) is 8.84. The molecule has 0 atom stereocenters. The van der Waals surface area contributed by atoms with Crippen molar-refractivity contribution < 1.29 is 0 Å². The number of hydrogen-bond donors (Lipinski definition) is 0. The molecule has 0 saturated heterocycles. The summed E-state index contributed by atoms with van der Waals surface area (Å²) in [6, 6.07) is 8.64. The Morgan fingerprint density at radius 3 is 3.00 bits per heavy atom. The zero-order valence-corrected chi connectivity index (χ0v) is 9.81. The van der Waals surface area contributed by atoms with E-state index in [0.717, 1.165) is 16.5 Å². The maximum atomic E-state index is 6.05. The highest BCUT2D eigenvalue weighted by Crippen LogP contribution is 2.44. The lowest BCUT2D eigenvalue weighted by Gasteiger charge is -2.09. The Morgan fingerprint density at radius 2 is 2.07 bits per heavy atom. The highest BCUT2D eigenvalue weighted by Gasteiger charge is 2.27. The minimum atomic E-state index is 0.951. The molecule has 70 valence electrons. The topological polar surface area (TPSA) is 0 Å². The Balaban J connectivity index is 2.28. The van der Waals surface area contributed by atoms with Crippen molar-refractivity contribution in [3.8, 4) is 10.4 Å². The van der Waals surface area contributed by atoms with E-state index in [2.05, 4.69) is 24.3 Å². The van der Waals surface area contributed by atoms with Gasteiger partial charge in [-0.1, -0.05) is 24.3 Å². The third kappa shape index (κ3) is 1.29. The Kier molecular flexibility index (Phi) is 2.08. The second-order valence-electron chi connectivity index (χ2n) is 3.35. The van der Waals surface area contributed by atoms with Crippen molar-refractivity contribution in [3.05, 3.63) is 38.4 Å². The van der Waals surface area contributed by atoms with Crippen LogP contribution in [0.4, 0.5) is 0 Å². The maximum absolute atomic E-state index is 6.05. The molecule has 14 heavy (non-hydrogen) atoms. The SMILES string of the molecule is Clc1sc2c([s+]1)-c1ccccc1CC2. The Bertz CT molecular complexity index is 488. The monoisotopic (exact) mass is 239 g/mol. The highest BCUT2D eigenvalue weighted by atomic mass is 35.5. The molecule has 0 bridgehead atoms. The van der Waals surface area contributed by atoms with Gasteiger partial charge in [0.15, 0.2) is 9.75 Å². The van der Waals surface area contributed by atoms with Crippen LogP contribution in [-0.2, 0) is 12.8 Å². The van der Waals surface area contributed by atoms with E-state index < -0.39 is 0 Å². The number of fused-ring (bicyclic) bond motifs is 3. The van der Waals surface area contributed by atoms with Crippen LogP contribution in [0.15, 0.2) is 24.3 Å². The number of rotatable bonds is 0. The summed E-state index contributed by atoms with van der Waals surface area (Å²) in [5, 5.41) is 0. The molecule has 0 spiro atoms. The van der Waals surface area contributed by atoms with Crippen LogP contribution < -0.4 is 0 Å². The van der Waals surface area contributed by atoms with E-state index in [0.29, 0.717) is 0 Å². The molecule has 1 aromatic carbocycles. The van der Waals surface area contributed by atoms with Gasteiger partial charge in [0.05, 0.1) is 0 Å². The average Bonchev–Trinajstić information content (AvgIpc) is 2.59. The van der Waals surface area contributed by atoms with Crippen LogP contribution in [0.3, 0.4) is 0 Å². The van der Waals surface area contributed by atoms with Gasteiger partial charge < -0.3 is 0 Å². The number of benzene rings is 1. The van der Waals surface area contributed by atoms with Crippen LogP contribution in [0.25, 0.3) is 10.4 Å². The molecule has 0 fully saturated rings. The maximum Gasteiger partial charge on any atom is 0.347 e. The van der Waals surface area contributed by atoms with Gasteiger partial charge >= 0.3 is 3.65 Å². The molecule has 0 radical (unpaired) electrons. The fraction of sp³-hybridized carbons (Fsp3) is 0.182. The second kappa shape index (κ2) is 3.30. The lowest BCUT2D eigenvalue weighted by atomic mass is 9.95. The Hall–Kier alpha value is -0.440. The molecule has 1 aromatic heterocycles. The van der Waals surface area contributed by atoms with Crippen molar-refractivity contribution in [2.75, 3.05) is 0 Å². The number of hydrogen-bond acceptors (Lipinski definition) is 1. The molecule has 0 aliphatic heterocycles. The van der Waals surface area contributed by atoms with E-state index in [-0.39, 0.29) is 0 Å². The van der Waals surface area contributed by atoms with Gasteiger partial charge in [0.25, 0.3) is 0 Å². The van der Waals surface area contributed by atoms with Crippen LogP contribution in [0.2, 0.25) is 3.65 Å². The molecule has 0 N–H and O–H groups in total. The van der Waals surface area contributed by atoms with Gasteiger partial charge in [0.2, 0.25) is 0 Å². The molecule has 0 amide bonds. The van der Waals surface area contributed by atoms with E-state index in [1.807, 2.05) is 0 Å². The molecular weight excluding hydrogens is 232 g/mol. The third-order valence-corrected chi connectivity index (χ3v) is 5.26. The summed E-state index contributed by atoms with van der Waals surface area (Å²) < 4.78 is 0.951. The van der Waals surface area contributed by atoms with Crippen molar-refractivity contribution in [1.82, 2.24) is 0 Å². The summed E-state index contributed by atoms with van der Waals surface area (Å²) in [5.41, 5.74) is 2.85. The van der Waals surface area contributed by atoms with Crippen LogP contribution in [0, 0.1) is 0 Å². The molecule has 3 rings (SSSR count). The summed E-state index contributed by atoms with van der Waals surface area (Å²) in [6.07, 6.45) is 2.31. The van der Waals surface area contributed by atoms with Gasteiger partial charge in [-0.15, -0.1) is 0 Å². The van der Waals surface area contributed by atoms with E-state index >= 15 is 0 Å². The van der Waals surface area contributed by atoms with Crippen LogP contribution in [0.5, 0.6) is 0 Å². The lowest BCUT2D eigenvalue weighted by Crippen LogP contribution is -1.99. The minimum absolute atomic E-state index is 0.951. The van der Waals surface area contributed by atoms with E-state index in [1.54, 1.807) is 22.7 Å². The van der Waals surface area contributed by atoms with Crippen molar-refractivity contribution in [3.63, 3.8) is 0 Å². The standard InChI is InChI=1S/C11H8ClS2/c12-11-13-9-6-5-7-3-1-2-4-8(7)10(9)14-11/h1-4H,5-6H2/q+1. The molecule has 1 aliphatic rings. The quantitative estimate of drug-likeness (QED) is 0.594. The predicted molar refractivity (Wildman–Crippen MR) is 64.5 cm³/mol. The zero-order valence-electron chi connectivity index (χ0n) is 7.42. The average molecular weight is 240 g/mol. The molecule has 0 unspecified atom stereocenters. The summed E-state index contributed by atoms with van der Waals surface area (Å²) in [6.45, 7) is 0. The lowest BCUT2D eigenvalue weighted by molar-refractivity contribution is 0.967.